The van der Waals surface area contributed by atoms with Crippen LogP contribution in [0.2, 0.25) is 0 Å². The predicted molar refractivity (Wildman–Crippen MR) is 102 cm³/mol. The van der Waals surface area contributed by atoms with Crippen molar-refractivity contribution in [2.75, 3.05) is 11.9 Å². The molecule has 0 radical (unpaired) electrons. The summed E-state index contributed by atoms with van der Waals surface area (Å²) in [4.78, 5) is 28.3. The summed E-state index contributed by atoms with van der Waals surface area (Å²) in [6, 6.07) is 11.3. The van der Waals surface area contributed by atoms with Crippen LogP contribution in [0.1, 0.15) is 22.3 Å². The maximum atomic E-state index is 11.9. The highest BCUT2D eigenvalue weighted by atomic mass is 32.1. The minimum absolute atomic E-state index is 0.0426. The molecule has 2 amide bonds. The molecule has 0 atom stereocenters. The van der Waals surface area contributed by atoms with E-state index in [1.807, 2.05) is 47.2 Å². The zero-order valence-electron chi connectivity index (χ0n) is 13.6. The molecule has 0 saturated carbocycles. The monoisotopic (exact) mass is 371 g/mol. The molecule has 128 valence electrons. The summed E-state index contributed by atoms with van der Waals surface area (Å²) in [5.74, 6) is -0.132. The molecule has 2 N–H and O–H groups in total. The first-order chi connectivity index (χ1) is 12.1. The number of hydrogen-bond donors (Lipinski definition) is 2. The zero-order valence-corrected chi connectivity index (χ0v) is 15.2. The molecule has 5 nitrogen and oxygen atoms in total. The van der Waals surface area contributed by atoms with E-state index < -0.39 is 0 Å². The Hall–Kier alpha value is -2.51. The van der Waals surface area contributed by atoms with Crippen LogP contribution in [0.15, 0.2) is 47.2 Å². The number of anilines is 1. The lowest BCUT2D eigenvalue weighted by molar-refractivity contribution is -0.114. The van der Waals surface area contributed by atoms with E-state index in [0.29, 0.717) is 13.0 Å². The Labute approximate surface area is 153 Å². The second-order valence-corrected chi connectivity index (χ2v) is 7.19. The fourth-order valence-corrected chi connectivity index (χ4v) is 3.75. The number of amides is 2. The van der Waals surface area contributed by atoms with Crippen LogP contribution in [-0.2, 0) is 11.2 Å². The first-order valence-electron chi connectivity index (χ1n) is 7.76. The molecule has 0 aliphatic rings. The molecule has 0 aliphatic carbocycles. The van der Waals surface area contributed by atoms with Crippen molar-refractivity contribution in [2.24, 2.45) is 0 Å². The quantitative estimate of drug-likeness (QED) is 0.692. The second-order valence-electron chi connectivity index (χ2n) is 5.39. The Morgan fingerprint density at radius 1 is 1.12 bits per heavy atom. The molecular formula is C18H17N3O2S2. The number of nitrogens with one attached hydrogen (secondary N) is 2. The Balaban J connectivity index is 1.55. The van der Waals surface area contributed by atoms with E-state index in [-0.39, 0.29) is 11.8 Å². The normalized spacial score (nSPS) is 10.4. The van der Waals surface area contributed by atoms with Gasteiger partial charge in [-0.25, -0.2) is 4.98 Å². The maximum Gasteiger partial charge on any atom is 0.261 e. The van der Waals surface area contributed by atoms with E-state index in [0.717, 1.165) is 26.8 Å². The fourth-order valence-electron chi connectivity index (χ4n) is 2.25. The summed E-state index contributed by atoms with van der Waals surface area (Å²) in [6.45, 7) is 2.04. The fraction of sp³-hybridized carbons (Fsp3) is 0.167. The maximum absolute atomic E-state index is 11.9. The van der Waals surface area contributed by atoms with Crippen LogP contribution in [-0.4, -0.2) is 23.3 Å². The minimum atomic E-state index is -0.0890. The van der Waals surface area contributed by atoms with Crippen molar-refractivity contribution in [3.63, 3.8) is 0 Å². The highest BCUT2D eigenvalue weighted by Crippen LogP contribution is 2.25. The molecule has 25 heavy (non-hydrogen) atoms. The van der Waals surface area contributed by atoms with Gasteiger partial charge in [0.05, 0.1) is 10.6 Å². The lowest BCUT2D eigenvalue weighted by Crippen LogP contribution is -2.24. The lowest BCUT2D eigenvalue weighted by Gasteiger charge is -2.03. The SMILES string of the molecule is CC(=O)Nc1ccc(-c2nc(CCNC(=O)c3cccs3)cs2)cc1. The van der Waals surface area contributed by atoms with Crippen molar-refractivity contribution in [1.82, 2.24) is 10.3 Å². The van der Waals surface area contributed by atoms with E-state index in [1.165, 1.54) is 18.3 Å². The van der Waals surface area contributed by atoms with Gasteiger partial charge < -0.3 is 10.6 Å². The molecule has 0 saturated heterocycles. The first kappa shape index (κ1) is 17.3. The number of benzene rings is 1. The summed E-state index contributed by atoms with van der Waals surface area (Å²) in [5.41, 5.74) is 2.73. The Kier molecular flexibility index (Phi) is 5.57. The van der Waals surface area contributed by atoms with Gasteiger partial charge in [0.25, 0.3) is 5.91 Å². The van der Waals surface area contributed by atoms with Gasteiger partial charge in [0.15, 0.2) is 0 Å². The van der Waals surface area contributed by atoms with Crippen molar-refractivity contribution in [3.8, 4) is 10.6 Å². The van der Waals surface area contributed by atoms with E-state index in [1.54, 1.807) is 11.3 Å². The van der Waals surface area contributed by atoms with Crippen molar-refractivity contribution in [3.05, 3.63) is 57.7 Å². The van der Waals surface area contributed by atoms with Crippen LogP contribution in [0.3, 0.4) is 0 Å². The highest BCUT2D eigenvalue weighted by Gasteiger charge is 2.08. The number of thiazole rings is 1. The van der Waals surface area contributed by atoms with Gasteiger partial charge in [-0.15, -0.1) is 22.7 Å². The van der Waals surface area contributed by atoms with Crippen molar-refractivity contribution in [2.45, 2.75) is 13.3 Å². The van der Waals surface area contributed by atoms with Gasteiger partial charge in [0, 0.05) is 36.5 Å². The molecule has 2 aromatic heterocycles. The number of nitrogens with zero attached hydrogens (tertiary/aromatic N) is 1. The number of carbonyl (C=O) groups is 2. The number of rotatable bonds is 6. The smallest absolute Gasteiger partial charge is 0.261 e. The Morgan fingerprint density at radius 2 is 1.92 bits per heavy atom. The summed E-state index contributed by atoms with van der Waals surface area (Å²) < 4.78 is 0. The number of thiophene rings is 1. The van der Waals surface area contributed by atoms with E-state index in [2.05, 4.69) is 15.6 Å². The lowest BCUT2D eigenvalue weighted by atomic mass is 10.2. The summed E-state index contributed by atoms with van der Waals surface area (Å²) in [6.07, 6.45) is 0.692. The number of hydrogen-bond acceptors (Lipinski definition) is 5. The van der Waals surface area contributed by atoms with Gasteiger partial charge in [0.2, 0.25) is 5.91 Å². The molecule has 0 spiro atoms. The zero-order chi connectivity index (χ0) is 17.6. The van der Waals surface area contributed by atoms with Crippen LogP contribution < -0.4 is 10.6 Å². The Bertz CT molecular complexity index is 855. The molecule has 0 fully saturated rings. The highest BCUT2D eigenvalue weighted by molar-refractivity contribution is 7.13. The summed E-state index contributed by atoms with van der Waals surface area (Å²) >= 11 is 3.00. The molecule has 1 aromatic carbocycles. The van der Waals surface area contributed by atoms with Gasteiger partial charge in [0.1, 0.15) is 5.01 Å². The van der Waals surface area contributed by atoms with Crippen LogP contribution in [0.5, 0.6) is 0 Å². The standard InChI is InChI=1S/C18H17N3O2S2/c1-12(22)20-14-6-4-13(5-7-14)18-21-15(11-25-18)8-9-19-17(23)16-3-2-10-24-16/h2-7,10-11H,8-9H2,1H3,(H,19,23)(H,20,22). The van der Waals surface area contributed by atoms with E-state index in [9.17, 15) is 9.59 Å². The third-order valence-corrected chi connectivity index (χ3v) is 5.22. The average Bonchev–Trinajstić information content (AvgIpc) is 3.27. The average molecular weight is 371 g/mol. The second kappa shape index (κ2) is 8.04. The minimum Gasteiger partial charge on any atom is -0.351 e. The molecule has 3 rings (SSSR count). The molecular weight excluding hydrogens is 354 g/mol. The largest absolute Gasteiger partial charge is 0.351 e. The van der Waals surface area contributed by atoms with Gasteiger partial charge in [-0.2, -0.15) is 0 Å². The first-order valence-corrected chi connectivity index (χ1v) is 9.52. The Morgan fingerprint density at radius 3 is 2.60 bits per heavy atom. The molecule has 0 unspecified atom stereocenters. The summed E-state index contributed by atoms with van der Waals surface area (Å²) in [7, 11) is 0. The number of aromatic nitrogens is 1. The van der Waals surface area contributed by atoms with Gasteiger partial charge >= 0.3 is 0 Å². The van der Waals surface area contributed by atoms with Crippen LogP contribution in [0, 0.1) is 0 Å². The van der Waals surface area contributed by atoms with E-state index in [4.69, 9.17) is 0 Å². The number of carbonyl (C=O) groups excluding carboxylic acids is 2. The van der Waals surface area contributed by atoms with Crippen molar-refractivity contribution >= 4 is 40.2 Å². The molecule has 0 bridgehead atoms. The van der Waals surface area contributed by atoms with Gasteiger partial charge in [-0.1, -0.05) is 6.07 Å². The molecule has 0 aliphatic heterocycles. The van der Waals surface area contributed by atoms with Gasteiger partial charge in [-0.05, 0) is 35.7 Å². The third-order valence-electron chi connectivity index (χ3n) is 3.42. The van der Waals surface area contributed by atoms with Crippen LogP contribution in [0.4, 0.5) is 5.69 Å². The van der Waals surface area contributed by atoms with Crippen LogP contribution >= 0.6 is 22.7 Å². The molecule has 2 heterocycles. The molecule has 7 heteroatoms. The molecule has 3 aromatic rings. The van der Waals surface area contributed by atoms with E-state index >= 15 is 0 Å². The van der Waals surface area contributed by atoms with Crippen molar-refractivity contribution < 1.29 is 9.59 Å². The predicted octanol–water partition coefficient (Wildman–Crippen LogP) is 3.80. The van der Waals surface area contributed by atoms with Crippen LogP contribution in [0.25, 0.3) is 10.6 Å². The summed E-state index contributed by atoms with van der Waals surface area (Å²) in [5, 5.41) is 10.5. The van der Waals surface area contributed by atoms with Gasteiger partial charge in [-0.3, -0.25) is 9.59 Å². The third kappa shape index (κ3) is 4.74. The van der Waals surface area contributed by atoms with Crippen molar-refractivity contribution in [1.29, 1.82) is 0 Å². The topological polar surface area (TPSA) is 71.1 Å².